The van der Waals surface area contributed by atoms with Gasteiger partial charge in [-0.05, 0) is 67.1 Å². The molecule has 0 heterocycles. The van der Waals surface area contributed by atoms with Crippen molar-refractivity contribution in [3.8, 4) is 0 Å². The van der Waals surface area contributed by atoms with Gasteiger partial charge in [-0.15, -0.1) is 6.58 Å². The summed E-state index contributed by atoms with van der Waals surface area (Å²) in [6.07, 6.45) is 16.0. The van der Waals surface area contributed by atoms with Gasteiger partial charge >= 0.3 is 0 Å². The summed E-state index contributed by atoms with van der Waals surface area (Å²) in [5, 5.41) is 11.1. The zero-order chi connectivity index (χ0) is 18.8. The first-order valence-electron chi connectivity index (χ1n) is 11.1. The average Bonchev–Trinajstić information content (AvgIpc) is 2.63. The van der Waals surface area contributed by atoms with Crippen LogP contribution in [0.3, 0.4) is 0 Å². The largest absolute Gasteiger partial charge is 0.393 e. The molecule has 148 valence electrons. The Bertz CT molecular complexity index is 498. The van der Waals surface area contributed by atoms with E-state index in [1.807, 2.05) is 6.08 Å². The zero-order valence-corrected chi connectivity index (χ0v) is 18.0. The molecule has 0 aromatic rings. The Balaban J connectivity index is 1.99. The van der Waals surface area contributed by atoms with E-state index in [9.17, 15) is 5.11 Å². The highest BCUT2D eigenvalue weighted by Crippen LogP contribution is 2.56. The van der Waals surface area contributed by atoms with Gasteiger partial charge in [0.1, 0.15) is 0 Å². The van der Waals surface area contributed by atoms with Crippen molar-refractivity contribution in [3.63, 3.8) is 0 Å². The van der Waals surface area contributed by atoms with Gasteiger partial charge in [-0.1, -0.05) is 58.3 Å². The van der Waals surface area contributed by atoms with Crippen molar-refractivity contribution >= 4 is 12.6 Å². The molecular formula is C24H40OS. The van der Waals surface area contributed by atoms with E-state index in [0.29, 0.717) is 23.0 Å². The molecule has 0 saturated heterocycles. The molecule has 2 heteroatoms. The molecule has 0 bridgehead atoms. The molecule has 1 N–H and O–H groups in total. The number of hydrogen-bond acceptors (Lipinski definition) is 2. The minimum Gasteiger partial charge on any atom is -0.393 e. The fourth-order valence-electron chi connectivity index (χ4n) is 6.88. The van der Waals surface area contributed by atoms with E-state index in [-0.39, 0.29) is 12.0 Å². The van der Waals surface area contributed by atoms with Crippen LogP contribution in [-0.4, -0.2) is 16.5 Å². The smallest absolute Gasteiger partial charge is 0.0603 e. The molecule has 3 aliphatic carbocycles. The van der Waals surface area contributed by atoms with Crippen molar-refractivity contribution in [2.24, 2.45) is 47.3 Å². The first kappa shape index (κ1) is 20.5. The number of rotatable bonds is 6. The van der Waals surface area contributed by atoms with Gasteiger partial charge in [-0.25, -0.2) is 0 Å². The molecule has 0 amide bonds. The van der Waals surface area contributed by atoms with E-state index in [1.54, 1.807) is 0 Å². The predicted molar refractivity (Wildman–Crippen MR) is 115 cm³/mol. The van der Waals surface area contributed by atoms with Crippen molar-refractivity contribution < 1.29 is 5.11 Å². The van der Waals surface area contributed by atoms with Crippen LogP contribution >= 0.6 is 12.6 Å². The first-order valence-corrected chi connectivity index (χ1v) is 11.7. The SMILES string of the molecule is C=CC(C(O)CC)C(C(C)S)C1C2C=CC(C)CC2CC2CCCCC21. The Morgan fingerprint density at radius 3 is 2.58 bits per heavy atom. The van der Waals surface area contributed by atoms with Crippen LogP contribution in [0.2, 0.25) is 0 Å². The van der Waals surface area contributed by atoms with Crippen molar-refractivity contribution in [1.82, 2.24) is 0 Å². The van der Waals surface area contributed by atoms with Gasteiger partial charge in [0.15, 0.2) is 0 Å². The summed E-state index contributed by atoms with van der Waals surface area (Å²) in [4.78, 5) is 0. The van der Waals surface area contributed by atoms with E-state index < -0.39 is 0 Å². The highest BCUT2D eigenvalue weighted by atomic mass is 32.1. The topological polar surface area (TPSA) is 20.2 Å². The lowest BCUT2D eigenvalue weighted by molar-refractivity contribution is -0.0393. The minimum absolute atomic E-state index is 0.159. The highest BCUT2D eigenvalue weighted by Gasteiger charge is 2.50. The second kappa shape index (κ2) is 8.86. The molecule has 0 aromatic carbocycles. The molecule has 3 rings (SSSR count). The molecule has 10 atom stereocenters. The first-order chi connectivity index (χ1) is 12.5. The summed E-state index contributed by atoms with van der Waals surface area (Å²) >= 11 is 4.98. The van der Waals surface area contributed by atoms with Gasteiger partial charge in [0.05, 0.1) is 6.10 Å². The van der Waals surface area contributed by atoms with Crippen LogP contribution in [0, 0.1) is 47.3 Å². The fourth-order valence-corrected chi connectivity index (χ4v) is 7.28. The highest BCUT2D eigenvalue weighted by molar-refractivity contribution is 7.80. The van der Waals surface area contributed by atoms with Crippen LogP contribution < -0.4 is 0 Å². The molecule has 2 saturated carbocycles. The van der Waals surface area contributed by atoms with Gasteiger partial charge in [-0.2, -0.15) is 12.6 Å². The number of thiol groups is 1. The maximum absolute atomic E-state index is 10.8. The third-order valence-electron chi connectivity index (χ3n) is 7.97. The third kappa shape index (κ3) is 3.97. The summed E-state index contributed by atoms with van der Waals surface area (Å²) in [5.74, 6) is 5.17. The van der Waals surface area contributed by atoms with Crippen LogP contribution in [0.1, 0.15) is 65.7 Å². The number of aliphatic hydroxyl groups excluding tert-OH is 1. The van der Waals surface area contributed by atoms with Crippen molar-refractivity contribution in [1.29, 1.82) is 0 Å². The van der Waals surface area contributed by atoms with Gasteiger partial charge < -0.3 is 5.11 Å². The van der Waals surface area contributed by atoms with Crippen LogP contribution in [0.4, 0.5) is 0 Å². The van der Waals surface area contributed by atoms with E-state index in [0.717, 1.165) is 30.1 Å². The number of hydrogen-bond donors (Lipinski definition) is 2. The van der Waals surface area contributed by atoms with Crippen LogP contribution in [0.15, 0.2) is 24.8 Å². The second-order valence-corrected chi connectivity index (χ2v) is 10.4. The predicted octanol–water partition coefficient (Wildman–Crippen LogP) is 6.15. The van der Waals surface area contributed by atoms with Gasteiger partial charge in [0.25, 0.3) is 0 Å². The van der Waals surface area contributed by atoms with Crippen molar-refractivity contribution in [2.45, 2.75) is 77.1 Å². The van der Waals surface area contributed by atoms with Gasteiger partial charge in [-0.3, -0.25) is 0 Å². The Morgan fingerprint density at radius 2 is 1.92 bits per heavy atom. The minimum atomic E-state index is -0.291. The zero-order valence-electron chi connectivity index (χ0n) is 17.1. The summed E-state index contributed by atoms with van der Waals surface area (Å²) in [6, 6.07) is 0. The van der Waals surface area contributed by atoms with Gasteiger partial charge in [0.2, 0.25) is 0 Å². The maximum Gasteiger partial charge on any atom is 0.0603 e. The third-order valence-corrected chi connectivity index (χ3v) is 8.32. The second-order valence-electron chi connectivity index (χ2n) is 9.56. The maximum atomic E-state index is 10.8. The van der Waals surface area contributed by atoms with E-state index in [4.69, 9.17) is 12.6 Å². The summed E-state index contributed by atoms with van der Waals surface area (Å²) in [7, 11) is 0. The standard InChI is InChI=1S/C24H40OS/c1-5-19(22(25)6-2)23(16(4)26)24-20-10-8-7-9-17(20)14-18-13-15(3)11-12-21(18)24/h5,11-12,15-26H,1,6-10,13-14H2,2-4H3. The normalized spacial score (nSPS) is 41.4. The van der Waals surface area contributed by atoms with Crippen molar-refractivity contribution in [2.75, 3.05) is 0 Å². The summed E-state index contributed by atoms with van der Waals surface area (Å²) in [5.41, 5.74) is 0. The van der Waals surface area contributed by atoms with E-state index >= 15 is 0 Å². The monoisotopic (exact) mass is 376 g/mol. The molecule has 0 spiro atoms. The Kier molecular flexibility index (Phi) is 6.99. The molecule has 0 aromatic heterocycles. The average molecular weight is 377 g/mol. The Hall–Kier alpha value is -0.210. The summed E-state index contributed by atoms with van der Waals surface area (Å²) < 4.78 is 0. The lowest BCUT2D eigenvalue weighted by atomic mass is 9.51. The Labute approximate surface area is 167 Å². The van der Waals surface area contributed by atoms with Crippen molar-refractivity contribution in [3.05, 3.63) is 24.8 Å². The van der Waals surface area contributed by atoms with E-state index in [2.05, 4.69) is 39.5 Å². The Morgan fingerprint density at radius 1 is 1.19 bits per heavy atom. The molecule has 10 unspecified atom stereocenters. The number of aliphatic hydroxyl groups is 1. The van der Waals surface area contributed by atoms with E-state index in [1.165, 1.54) is 38.5 Å². The summed E-state index contributed by atoms with van der Waals surface area (Å²) in [6.45, 7) is 10.9. The molecule has 3 aliphatic rings. The van der Waals surface area contributed by atoms with Crippen LogP contribution in [0.25, 0.3) is 0 Å². The molecular weight excluding hydrogens is 336 g/mol. The molecule has 2 fully saturated rings. The quantitative estimate of drug-likeness (QED) is 0.421. The number of fused-ring (bicyclic) bond motifs is 2. The lowest BCUT2D eigenvalue weighted by Crippen LogP contribution is -2.50. The fraction of sp³-hybridized carbons (Fsp3) is 0.833. The lowest BCUT2D eigenvalue weighted by Gasteiger charge is -2.55. The van der Waals surface area contributed by atoms with Crippen LogP contribution in [-0.2, 0) is 0 Å². The molecule has 1 nitrogen and oxygen atoms in total. The molecule has 0 aliphatic heterocycles. The molecule has 26 heavy (non-hydrogen) atoms. The number of allylic oxidation sites excluding steroid dienone is 2. The van der Waals surface area contributed by atoms with Gasteiger partial charge in [0, 0.05) is 11.2 Å². The molecule has 0 radical (unpaired) electrons. The van der Waals surface area contributed by atoms with Crippen LogP contribution in [0.5, 0.6) is 0 Å².